The summed E-state index contributed by atoms with van der Waals surface area (Å²) in [6, 6.07) is 3.85. The molecule has 1 aromatic carbocycles. The summed E-state index contributed by atoms with van der Waals surface area (Å²) in [5, 5.41) is 7.51. The number of rotatable bonds is 5. The van der Waals surface area contributed by atoms with Crippen molar-refractivity contribution in [3.63, 3.8) is 0 Å². The number of nitrogens with zero attached hydrogens (tertiary/aromatic N) is 3. The van der Waals surface area contributed by atoms with Crippen LogP contribution in [0.25, 0.3) is 11.5 Å². The van der Waals surface area contributed by atoms with Gasteiger partial charge >= 0.3 is 0 Å². The molecule has 1 aromatic heterocycles. The summed E-state index contributed by atoms with van der Waals surface area (Å²) in [7, 11) is 3.67. The highest BCUT2D eigenvalue weighted by atomic mass is 79.9. The minimum atomic E-state index is 0.115. The number of piperazine rings is 1. The predicted octanol–water partition coefficient (Wildman–Crippen LogP) is 2.48. The number of hydrogen-bond donors (Lipinski definition) is 1. The van der Waals surface area contributed by atoms with Crippen molar-refractivity contribution in [1.82, 2.24) is 20.4 Å². The quantitative estimate of drug-likeness (QED) is 0.831. The highest BCUT2D eigenvalue weighted by molar-refractivity contribution is 9.10. The minimum absolute atomic E-state index is 0.115. The summed E-state index contributed by atoms with van der Waals surface area (Å²) >= 11 is 3.52. The fourth-order valence-corrected chi connectivity index (χ4v) is 3.27. The molecule has 130 valence electrons. The maximum atomic E-state index is 5.61. The van der Waals surface area contributed by atoms with Crippen LogP contribution < -0.4 is 14.8 Å². The molecule has 8 heteroatoms. The Balaban J connectivity index is 1.91. The molecule has 7 nitrogen and oxygen atoms in total. The van der Waals surface area contributed by atoms with Crippen molar-refractivity contribution >= 4 is 15.9 Å². The van der Waals surface area contributed by atoms with Crippen LogP contribution in [-0.2, 0) is 0 Å². The van der Waals surface area contributed by atoms with E-state index >= 15 is 0 Å². The van der Waals surface area contributed by atoms with E-state index < -0.39 is 0 Å². The second-order valence-electron chi connectivity index (χ2n) is 5.58. The topological polar surface area (TPSA) is 72.7 Å². The van der Waals surface area contributed by atoms with E-state index in [1.165, 1.54) is 0 Å². The standard InChI is InChI=1S/C16H21BrN4O3/c1-4-23-14-11(17)7-10(8-13(14)22-3)16-19-15(20-24-16)12-9-18-5-6-21(12)2/h7-8,12,18H,4-6,9H2,1-3H3. The summed E-state index contributed by atoms with van der Waals surface area (Å²) in [5.41, 5.74) is 0.785. The number of halogens is 1. The summed E-state index contributed by atoms with van der Waals surface area (Å²) < 4.78 is 17.3. The molecule has 0 saturated carbocycles. The molecular weight excluding hydrogens is 376 g/mol. The fourth-order valence-electron chi connectivity index (χ4n) is 2.71. The Morgan fingerprint density at radius 1 is 1.46 bits per heavy atom. The van der Waals surface area contributed by atoms with Crippen molar-refractivity contribution in [2.45, 2.75) is 13.0 Å². The van der Waals surface area contributed by atoms with E-state index in [0.29, 0.717) is 29.8 Å². The molecule has 24 heavy (non-hydrogen) atoms. The van der Waals surface area contributed by atoms with Crippen LogP contribution in [0.5, 0.6) is 11.5 Å². The van der Waals surface area contributed by atoms with Crippen LogP contribution in [0.1, 0.15) is 18.8 Å². The second kappa shape index (κ2) is 7.50. The third kappa shape index (κ3) is 3.40. The van der Waals surface area contributed by atoms with Crippen LogP contribution in [0, 0.1) is 0 Å². The highest BCUT2D eigenvalue weighted by Gasteiger charge is 2.26. The number of benzene rings is 1. The van der Waals surface area contributed by atoms with Crippen molar-refractivity contribution in [1.29, 1.82) is 0 Å². The predicted molar refractivity (Wildman–Crippen MR) is 93.4 cm³/mol. The SMILES string of the molecule is CCOc1c(Br)cc(-c2nc(C3CNCCN3C)no2)cc1OC. The molecule has 1 saturated heterocycles. The Hall–Kier alpha value is -1.64. The van der Waals surface area contributed by atoms with Gasteiger partial charge in [-0.2, -0.15) is 4.98 Å². The molecule has 2 heterocycles. The lowest BCUT2D eigenvalue weighted by atomic mass is 10.2. The van der Waals surface area contributed by atoms with Gasteiger partial charge in [0.1, 0.15) is 0 Å². The van der Waals surface area contributed by atoms with Crippen LogP contribution in [0.3, 0.4) is 0 Å². The molecule has 3 rings (SSSR count). The monoisotopic (exact) mass is 396 g/mol. The van der Waals surface area contributed by atoms with Gasteiger partial charge in [0.15, 0.2) is 17.3 Å². The molecule has 1 aliphatic rings. The summed E-state index contributed by atoms with van der Waals surface area (Å²) in [4.78, 5) is 6.79. The number of methoxy groups -OCH3 is 1. The van der Waals surface area contributed by atoms with Gasteiger partial charge in [-0.05, 0) is 42.0 Å². The summed E-state index contributed by atoms with van der Waals surface area (Å²) in [5.74, 6) is 2.44. The summed E-state index contributed by atoms with van der Waals surface area (Å²) in [6.45, 7) is 5.22. The number of ether oxygens (including phenoxy) is 2. The van der Waals surface area contributed by atoms with Crippen LogP contribution in [0.4, 0.5) is 0 Å². The van der Waals surface area contributed by atoms with Gasteiger partial charge in [0, 0.05) is 25.2 Å². The van der Waals surface area contributed by atoms with E-state index in [1.807, 2.05) is 19.1 Å². The van der Waals surface area contributed by atoms with E-state index in [-0.39, 0.29) is 6.04 Å². The maximum Gasteiger partial charge on any atom is 0.258 e. The van der Waals surface area contributed by atoms with Gasteiger partial charge in [-0.1, -0.05) is 5.16 Å². The minimum Gasteiger partial charge on any atom is -0.493 e. The van der Waals surface area contributed by atoms with E-state index in [0.717, 1.165) is 29.7 Å². The zero-order valence-electron chi connectivity index (χ0n) is 14.0. The lowest BCUT2D eigenvalue weighted by Crippen LogP contribution is -2.44. The molecule has 0 bridgehead atoms. The lowest BCUT2D eigenvalue weighted by Gasteiger charge is -2.30. The molecule has 1 aliphatic heterocycles. The average molecular weight is 397 g/mol. The molecule has 0 amide bonds. The third-order valence-electron chi connectivity index (χ3n) is 4.02. The van der Waals surface area contributed by atoms with Gasteiger partial charge in [0.2, 0.25) is 0 Å². The van der Waals surface area contributed by atoms with E-state index in [9.17, 15) is 0 Å². The molecule has 1 unspecified atom stereocenters. The zero-order chi connectivity index (χ0) is 17.1. The second-order valence-corrected chi connectivity index (χ2v) is 6.44. The van der Waals surface area contributed by atoms with Gasteiger partial charge in [-0.3, -0.25) is 4.90 Å². The van der Waals surface area contributed by atoms with Crippen LogP contribution in [0.15, 0.2) is 21.1 Å². The van der Waals surface area contributed by atoms with Crippen molar-refractivity contribution in [2.75, 3.05) is 40.4 Å². The number of nitrogens with one attached hydrogen (secondary N) is 1. The first-order valence-corrected chi connectivity index (χ1v) is 8.68. The molecule has 1 fully saturated rings. The van der Waals surface area contributed by atoms with Gasteiger partial charge in [-0.25, -0.2) is 0 Å². The first-order valence-electron chi connectivity index (χ1n) is 7.89. The Morgan fingerprint density at radius 3 is 3.00 bits per heavy atom. The van der Waals surface area contributed by atoms with Crippen molar-refractivity contribution in [3.05, 3.63) is 22.4 Å². The maximum absolute atomic E-state index is 5.61. The molecule has 1 atom stereocenters. The van der Waals surface area contributed by atoms with Gasteiger partial charge in [0.25, 0.3) is 5.89 Å². The molecule has 0 aliphatic carbocycles. The van der Waals surface area contributed by atoms with Crippen molar-refractivity contribution < 1.29 is 14.0 Å². The molecule has 0 radical (unpaired) electrons. The Morgan fingerprint density at radius 2 is 2.29 bits per heavy atom. The van der Waals surface area contributed by atoms with Crippen LogP contribution in [0.2, 0.25) is 0 Å². The number of likely N-dealkylation sites (N-methyl/N-ethyl adjacent to an activating group) is 1. The van der Waals surface area contributed by atoms with Gasteiger partial charge in [0.05, 0.1) is 24.2 Å². The smallest absolute Gasteiger partial charge is 0.258 e. The van der Waals surface area contributed by atoms with E-state index in [1.54, 1.807) is 7.11 Å². The zero-order valence-corrected chi connectivity index (χ0v) is 15.6. The normalized spacial score (nSPS) is 18.6. The first kappa shape index (κ1) is 17.2. The van der Waals surface area contributed by atoms with Crippen LogP contribution >= 0.6 is 15.9 Å². The largest absolute Gasteiger partial charge is 0.493 e. The Kier molecular flexibility index (Phi) is 5.37. The summed E-state index contributed by atoms with van der Waals surface area (Å²) in [6.07, 6.45) is 0. The van der Waals surface area contributed by atoms with Crippen molar-refractivity contribution in [3.8, 4) is 23.0 Å². The Bertz CT molecular complexity index is 707. The molecular formula is C16H21BrN4O3. The molecule has 0 spiro atoms. The third-order valence-corrected chi connectivity index (χ3v) is 4.60. The van der Waals surface area contributed by atoms with Gasteiger partial charge < -0.3 is 19.3 Å². The Labute approximate surface area is 149 Å². The van der Waals surface area contributed by atoms with E-state index in [4.69, 9.17) is 14.0 Å². The number of hydrogen-bond acceptors (Lipinski definition) is 7. The van der Waals surface area contributed by atoms with E-state index in [2.05, 4.69) is 43.3 Å². The first-order chi connectivity index (χ1) is 11.6. The van der Waals surface area contributed by atoms with Crippen molar-refractivity contribution in [2.24, 2.45) is 0 Å². The lowest BCUT2D eigenvalue weighted by molar-refractivity contribution is 0.190. The fraction of sp³-hybridized carbons (Fsp3) is 0.500. The van der Waals surface area contributed by atoms with Crippen LogP contribution in [-0.4, -0.2) is 55.4 Å². The average Bonchev–Trinajstić information content (AvgIpc) is 3.07. The highest BCUT2D eigenvalue weighted by Crippen LogP contribution is 2.39. The molecule has 2 aromatic rings. The molecule has 1 N–H and O–H groups in total. The number of aromatic nitrogens is 2. The van der Waals surface area contributed by atoms with Gasteiger partial charge in [-0.15, -0.1) is 0 Å².